The number of halogens is 1. The zero-order valence-corrected chi connectivity index (χ0v) is 14.7. The normalized spacial score (nSPS) is 11.1. The quantitative estimate of drug-likeness (QED) is 0.502. The van der Waals surface area contributed by atoms with Crippen molar-refractivity contribution < 1.29 is 14.8 Å². The van der Waals surface area contributed by atoms with E-state index in [4.69, 9.17) is 4.74 Å². The molecule has 0 aliphatic rings. The summed E-state index contributed by atoms with van der Waals surface area (Å²) in [5.41, 5.74) is 1.61. The van der Waals surface area contributed by atoms with Gasteiger partial charge in [0, 0.05) is 15.9 Å². The highest BCUT2D eigenvalue weighted by molar-refractivity contribution is 9.10. The minimum Gasteiger partial charge on any atom is -0.504 e. The van der Waals surface area contributed by atoms with Crippen molar-refractivity contribution in [2.24, 2.45) is 0 Å². The third kappa shape index (κ3) is 3.46. The molecule has 0 aliphatic heterocycles. The Balaban J connectivity index is 2.01. The van der Waals surface area contributed by atoms with Crippen molar-refractivity contribution in [1.82, 2.24) is 4.98 Å². The van der Waals surface area contributed by atoms with Gasteiger partial charge in [-0.1, -0.05) is 40.2 Å². The number of rotatable bonds is 4. The molecule has 0 aliphatic carbocycles. The fourth-order valence-electron chi connectivity index (χ4n) is 2.41. The van der Waals surface area contributed by atoms with Gasteiger partial charge in [-0.2, -0.15) is 0 Å². The van der Waals surface area contributed by atoms with Crippen LogP contribution in [0, 0.1) is 10.1 Å². The Bertz CT molecular complexity index is 1000. The molecule has 0 saturated heterocycles. The second kappa shape index (κ2) is 6.90. The Hall–Kier alpha value is -2.93. The van der Waals surface area contributed by atoms with Crippen molar-refractivity contribution in [2.45, 2.75) is 0 Å². The summed E-state index contributed by atoms with van der Waals surface area (Å²) in [6.07, 6.45) is 3.48. The van der Waals surface area contributed by atoms with Crippen LogP contribution in [0.2, 0.25) is 0 Å². The summed E-state index contributed by atoms with van der Waals surface area (Å²) in [5, 5.41) is 21.7. The van der Waals surface area contributed by atoms with E-state index in [9.17, 15) is 15.2 Å². The number of methoxy groups -OCH3 is 1. The van der Waals surface area contributed by atoms with Crippen molar-refractivity contribution in [3.8, 4) is 11.5 Å². The number of pyridine rings is 1. The van der Waals surface area contributed by atoms with Gasteiger partial charge < -0.3 is 9.84 Å². The smallest absolute Gasteiger partial charge is 0.295 e. The Labute approximate surface area is 151 Å². The zero-order valence-electron chi connectivity index (χ0n) is 13.1. The first-order chi connectivity index (χ1) is 12.0. The molecule has 0 bridgehead atoms. The van der Waals surface area contributed by atoms with E-state index >= 15 is 0 Å². The van der Waals surface area contributed by atoms with E-state index < -0.39 is 4.92 Å². The molecule has 3 aromatic rings. The lowest BCUT2D eigenvalue weighted by molar-refractivity contribution is -0.383. The number of aromatic nitrogens is 1. The third-order valence-corrected chi connectivity index (χ3v) is 4.34. The molecular weight excluding hydrogens is 388 g/mol. The van der Waals surface area contributed by atoms with Gasteiger partial charge in [0.15, 0.2) is 11.5 Å². The summed E-state index contributed by atoms with van der Waals surface area (Å²) < 4.78 is 5.79. The Morgan fingerprint density at radius 1 is 1.24 bits per heavy atom. The van der Waals surface area contributed by atoms with E-state index in [1.54, 1.807) is 48.6 Å². The highest BCUT2D eigenvalue weighted by Crippen LogP contribution is 2.33. The van der Waals surface area contributed by atoms with Crippen LogP contribution in [-0.2, 0) is 0 Å². The van der Waals surface area contributed by atoms with Crippen LogP contribution in [0.15, 0.2) is 46.9 Å². The van der Waals surface area contributed by atoms with Crippen molar-refractivity contribution in [3.05, 3.63) is 68.3 Å². The maximum Gasteiger partial charge on any atom is 0.295 e. The van der Waals surface area contributed by atoms with E-state index in [1.807, 2.05) is 0 Å². The van der Waals surface area contributed by atoms with Gasteiger partial charge in [-0.25, -0.2) is 4.98 Å². The monoisotopic (exact) mass is 400 g/mol. The molecule has 0 saturated carbocycles. The summed E-state index contributed by atoms with van der Waals surface area (Å²) >= 11 is 3.41. The average molecular weight is 401 g/mol. The summed E-state index contributed by atoms with van der Waals surface area (Å²) in [6, 6.07) is 11.6. The molecule has 7 heteroatoms. The lowest BCUT2D eigenvalue weighted by Crippen LogP contribution is -1.92. The maximum atomic E-state index is 11.1. The van der Waals surface area contributed by atoms with Crippen LogP contribution in [0.3, 0.4) is 0 Å². The summed E-state index contributed by atoms with van der Waals surface area (Å²) in [5.74, 6) is 0.385. The van der Waals surface area contributed by atoms with Crippen LogP contribution in [0.5, 0.6) is 11.5 Å². The van der Waals surface area contributed by atoms with Gasteiger partial charge in [0.25, 0.3) is 5.69 Å². The fourth-order valence-corrected chi connectivity index (χ4v) is 2.87. The van der Waals surface area contributed by atoms with Gasteiger partial charge in [0.05, 0.1) is 17.7 Å². The molecule has 0 unspecified atom stereocenters. The molecule has 0 radical (unpaired) electrons. The number of para-hydroxylation sites is 1. The number of non-ortho nitro benzene ring substituents is 1. The summed E-state index contributed by atoms with van der Waals surface area (Å²) in [4.78, 5) is 15.1. The fraction of sp³-hybridized carbons (Fsp3) is 0.0556. The number of nitrogens with zero attached hydrogens (tertiary/aromatic N) is 2. The molecular formula is C18H13BrN2O4. The van der Waals surface area contributed by atoms with Gasteiger partial charge in [-0.15, -0.1) is 0 Å². The molecule has 0 fully saturated rings. The molecule has 2 aromatic carbocycles. The minimum absolute atomic E-state index is 0.0208. The van der Waals surface area contributed by atoms with Crippen molar-refractivity contribution in [3.63, 3.8) is 0 Å². The first-order valence-electron chi connectivity index (χ1n) is 7.28. The Morgan fingerprint density at radius 3 is 2.76 bits per heavy atom. The third-order valence-electron chi connectivity index (χ3n) is 3.65. The van der Waals surface area contributed by atoms with Crippen LogP contribution in [0.4, 0.5) is 5.69 Å². The molecule has 0 atom stereocenters. The number of phenolic OH excluding ortho intramolecular Hbond substituents is 1. The predicted octanol–water partition coefficient (Wildman–Crippen LogP) is 4.79. The largest absolute Gasteiger partial charge is 0.504 e. The van der Waals surface area contributed by atoms with Gasteiger partial charge >= 0.3 is 0 Å². The van der Waals surface area contributed by atoms with Crippen molar-refractivity contribution >= 4 is 44.7 Å². The molecule has 1 heterocycles. The van der Waals surface area contributed by atoms with Crippen LogP contribution < -0.4 is 4.74 Å². The molecule has 6 nitrogen and oxygen atoms in total. The molecule has 1 N–H and O–H groups in total. The number of hydrogen-bond donors (Lipinski definition) is 1. The van der Waals surface area contributed by atoms with E-state index in [0.29, 0.717) is 22.3 Å². The summed E-state index contributed by atoms with van der Waals surface area (Å²) in [7, 11) is 1.48. The lowest BCUT2D eigenvalue weighted by Gasteiger charge is -2.06. The van der Waals surface area contributed by atoms with E-state index in [2.05, 4.69) is 20.9 Å². The molecule has 3 rings (SSSR count). The zero-order chi connectivity index (χ0) is 18.0. The van der Waals surface area contributed by atoms with Crippen LogP contribution in [0.25, 0.3) is 23.1 Å². The predicted molar refractivity (Wildman–Crippen MR) is 99.7 cm³/mol. The second-order valence-corrected chi connectivity index (χ2v) is 6.08. The Kier molecular flexibility index (Phi) is 4.67. The number of ether oxygens (including phenoxy) is 1. The van der Waals surface area contributed by atoms with E-state index in [-0.39, 0.29) is 11.4 Å². The van der Waals surface area contributed by atoms with Gasteiger partial charge in [0.2, 0.25) is 0 Å². The first kappa shape index (κ1) is 16.9. The number of aromatic hydroxyl groups is 1. The second-order valence-electron chi connectivity index (χ2n) is 5.22. The lowest BCUT2D eigenvalue weighted by atomic mass is 10.1. The average Bonchev–Trinajstić information content (AvgIpc) is 2.61. The highest BCUT2D eigenvalue weighted by Gasteiger charge is 2.12. The van der Waals surface area contributed by atoms with Crippen LogP contribution in [0.1, 0.15) is 11.3 Å². The minimum atomic E-state index is -0.444. The van der Waals surface area contributed by atoms with Gasteiger partial charge in [-0.05, 0) is 29.8 Å². The number of benzene rings is 2. The highest BCUT2D eigenvalue weighted by atomic mass is 79.9. The molecule has 0 spiro atoms. The first-order valence-corrected chi connectivity index (χ1v) is 8.07. The standard InChI is InChI=1S/C18H13BrN2O4/c1-25-17-10-14(19)12(9-16(17)22)6-8-13-7-5-11-3-2-4-15(21(23)24)18(11)20-13/h2-10,22H,1H3/b8-6+. The van der Waals surface area contributed by atoms with Gasteiger partial charge in [0.1, 0.15) is 5.52 Å². The molecule has 0 amide bonds. The molecule has 25 heavy (non-hydrogen) atoms. The number of hydrogen-bond acceptors (Lipinski definition) is 5. The molecule has 1 aromatic heterocycles. The Morgan fingerprint density at radius 2 is 2.04 bits per heavy atom. The van der Waals surface area contributed by atoms with Crippen LogP contribution >= 0.6 is 15.9 Å². The molecule has 126 valence electrons. The van der Waals surface area contributed by atoms with Crippen molar-refractivity contribution in [1.29, 1.82) is 0 Å². The maximum absolute atomic E-state index is 11.1. The SMILES string of the molecule is COc1cc(Br)c(/C=C/c2ccc3cccc([N+](=O)[O-])c3n2)cc1O. The number of nitro groups is 1. The van der Waals surface area contributed by atoms with E-state index in [0.717, 1.165) is 10.0 Å². The number of fused-ring (bicyclic) bond motifs is 1. The number of phenols is 1. The summed E-state index contributed by atoms with van der Waals surface area (Å²) in [6.45, 7) is 0. The topological polar surface area (TPSA) is 85.5 Å². The van der Waals surface area contributed by atoms with E-state index in [1.165, 1.54) is 13.2 Å². The van der Waals surface area contributed by atoms with Gasteiger partial charge in [-0.3, -0.25) is 10.1 Å². The van der Waals surface area contributed by atoms with Crippen LogP contribution in [-0.4, -0.2) is 22.1 Å². The van der Waals surface area contributed by atoms with Crippen molar-refractivity contribution in [2.75, 3.05) is 7.11 Å². The number of nitro benzene ring substituents is 1.